The Labute approximate surface area is 145 Å². The number of thiazole rings is 1. The first-order valence-corrected chi connectivity index (χ1v) is 8.86. The second-order valence-corrected chi connectivity index (χ2v) is 6.51. The Kier molecular flexibility index (Phi) is 5.05. The molecule has 0 saturated carbocycles. The summed E-state index contributed by atoms with van der Waals surface area (Å²) in [7, 11) is 1.80. The highest BCUT2D eigenvalue weighted by Crippen LogP contribution is 2.25. The zero-order valence-corrected chi connectivity index (χ0v) is 14.6. The number of hydrogen-bond donors (Lipinski definition) is 1. The molecule has 0 radical (unpaired) electrons. The van der Waals surface area contributed by atoms with Gasteiger partial charge in [-0.3, -0.25) is 9.48 Å². The van der Waals surface area contributed by atoms with Crippen LogP contribution in [0.5, 0.6) is 0 Å². The van der Waals surface area contributed by atoms with Gasteiger partial charge in [-0.15, -0.1) is 11.3 Å². The molecule has 6 heteroatoms. The molecule has 0 aliphatic heterocycles. The van der Waals surface area contributed by atoms with E-state index < -0.39 is 0 Å². The predicted molar refractivity (Wildman–Crippen MR) is 95.9 cm³/mol. The van der Waals surface area contributed by atoms with Gasteiger partial charge in [-0.2, -0.15) is 5.10 Å². The van der Waals surface area contributed by atoms with Crippen LogP contribution in [0.25, 0.3) is 11.3 Å². The van der Waals surface area contributed by atoms with Crippen molar-refractivity contribution in [2.75, 3.05) is 0 Å². The van der Waals surface area contributed by atoms with Gasteiger partial charge in [-0.1, -0.05) is 43.7 Å². The quantitative estimate of drug-likeness (QED) is 0.748. The van der Waals surface area contributed by atoms with Crippen molar-refractivity contribution in [1.82, 2.24) is 20.1 Å². The molecule has 0 aliphatic carbocycles. The van der Waals surface area contributed by atoms with Gasteiger partial charge in [0.1, 0.15) is 5.69 Å². The van der Waals surface area contributed by atoms with Gasteiger partial charge in [-0.25, -0.2) is 4.98 Å². The van der Waals surface area contributed by atoms with E-state index >= 15 is 0 Å². The van der Waals surface area contributed by atoms with Crippen molar-refractivity contribution in [2.24, 2.45) is 7.05 Å². The number of carbonyl (C=O) groups is 1. The first-order chi connectivity index (χ1) is 11.7. The third-order valence-electron chi connectivity index (χ3n) is 3.77. The van der Waals surface area contributed by atoms with Gasteiger partial charge in [0.25, 0.3) is 5.91 Å². The molecule has 1 N–H and O–H groups in total. The minimum Gasteiger partial charge on any atom is -0.346 e. The van der Waals surface area contributed by atoms with E-state index in [9.17, 15) is 4.79 Å². The largest absolute Gasteiger partial charge is 0.346 e. The van der Waals surface area contributed by atoms with E-state index in [0.29, 0.717) is 12.2 Å². The van der Waals surface area contributed by atoms with Crippen molar-refractivity contribution in [1.29, 1.82) is 0 Å². The summed E-state index contributed by atoms with van der Waals surface area (Å²) in [5.41, 5.74) is 5.34. The normalized spacial score (nSPS) is 10.8. The summed E-state index contributed by atoms with van der Waals surface area (Å²) in [6.45, 7) is 2.56. The van der Waals surface area contributed by atoms with Crippen LogP contribution in [0.4, 0.5) is 0 Å². The maximum absolute atomic E-state index is 12.4. The molecule has 124 valence electrons. The Bertz CT molecular complexity index is 823. The number of nitrogens with one attached hydrogen (secondary N) is 1. The van der Waals surface area contributed by atoms with Crippen molar-refractivity contribution in [3.05, 3.63) is 58.2 Å². The zero-order valence-electron chi connectivity index (χ0n) is 13.8. The fourth-order valence-electron chi connectivity index (χ4n) is 2.60. The number of amides is 1. The highest BCUT2D eigenvalue weighted by atomic mass is 32.1. The van der Waals surface area contributed by atoms with Crippen LogP contribution >= 0.6 is 11.3 Å². The summed E-state index contributed by atoms with van der Waals surface area (Å²) in [5.74, 6) is -0.111. The summed E-state index contributed by atoms with van der Waals surface area (Å²) in [4.78, 5) is 17.9. The molecule has 0 spiro atoms. The third-order valence-corrected chi connectivity index (χ3v) is 4.60. The monoisotopic (exact) mass is 340 g/mol. The second-order valence-electron chi connectivity index (χ2n) is 5.57. The van der Waals surface area contributed by atoms with Crippen LogP contribution in [0.15, 0.2) is 41.9 Å². The SMILES string of the molecule is CCCc1cc(C(=O)NCc2scnc2-c2ccccc2)n(C)n1. The lowest BCUT2D eigenvalue weighted by molar-refractivity contribution is 0.0942. The van der Waals surface area contributed by atoms with E-state index in [-0.39, 0.29) is 5.91 Å². The average Bonchev–Trinajstić information content (AvgIpc) is 3.20. The van der Waals surface area contributed by atoms with Gasteiger partial charge in [-0.05, 0) is 12.5 Å². The summed E-state index contributed by atoms with van der Waals surface area (Å²) in [6.07, 6.45) is 1.90. The number of aryl methyl sites for hydroxylation is 2. The van der Waals surface area contributed by atoms with Gasteiger partial charge in [0.05, 0.1) is 28.3 Å². The van der Waals surface area contributed by atoms with Crippen LogP contribution in [0, 0.1) is 0 Å². The van der Waals surface area contributed by atoms with Gasteiger partial charge < -0.3 is 5.32 Å². The van der Waals surface area contributed by atoms with Crippen molar-refractivity contribution < 1.29 is 4.79 Å². The number of rotatable bonds is 6. The lowest BCUT2D eigenvalue weighted by atomic mass is 10.1. The minimum absolute atomic E-state index is 0.111. The summed E-state index contributed by atoms with van der Waals surface area (Å²) >= 11 is 1.55. The molecule has 1 amide bonds. The van der Waals surface area contributed by atoms with E-state index in [2.05, 4.69) is 22.3 Å². The van der Waals surface area contributed by atoms with Gasteiger partial charge in [0.2, 0.25) is 0 Å². The zero-order chi connectivity index (χ0) is 16.9. The molecule has 3 aromatic rings. The van der Waals surface area contributed by atoms with Crippen molar-refractivity contribution in [2.45, 2.75) is 26.3 Å². The summed E-state index contributed by atoms with van der Waals surface area (Å²) in [6, 6.07) is 11.9. The van der Waals surface area contributed by atoms with E-state index in [0.717, 1.165) is 34.7 Å². The Morgan fingerprint density at radius 1 is 1.29 bits per heavy atom. The number of nitrogens with zero attached hydrogens (tertiary/aromatic N) is 3. The highest BCUT2D eigenvalue weighted by molar-refractivity contribution is 7.10. The smallest absolute Gasteiger partial charge is 0.269 e. The minimum atomic E-state index is -0.111. The van der Waals surface area contributed by atoms with Gasteiger partial charge >= 0.3 is 0 Å². The molecule has 2 aromatic heterocycles. The van der Waals surface area contributed by atoms with E-state index in [1.54, 1.807) is 23.1 Å². The highest BCUT2D eigenvalue weighted by Gasteiger charge is 2.15. The topological polar surface area (TPSA) is 59.8 Å². The molecule has 0 aliphatic rings. The summed E-state index contributed by atoms with van der Waals surface area (Å²) < 4.78 is 1.64. The molecule has 2 heterocycles. The summed E-state index contributed by atoms with van der Waals surface area (Å²) in [5, 5.41) is 7.36. The maximum Gasteiger partial charge on any atom is 0.269 e. The molecule has 5 nitrogen and oxygen atoms in total. The fraction of sp³-hybridized carbons (Fsp3) is 0.278. The lowest BCUT2D eigenvalue weighted by Crippen LogP contribution is -2.24. The molecular formula is C18H20N4OS. The van der Waals surface area contributed by atoms with Crippen LogP contribution in [-0.2, 0) is 20.0 Å². The Balaban J connectivity index is 1.71. The maximum atomic E-state index is 12.4. The molecule has 0 saturated heterocycles. The van der Waals surface area contributed by atoms with Crippen LogP contribution in [-0.4, -0.2) is 20.7 Å². The van der Waals surface area contributed by atoms with Crippen molar-refractivity contribution in [3.8, 4) is 11.3 Å². The van der Waals surface area contributed by atoms with Gasteiger partial charge in [0.15, 0.2) is 0 Å². The van der Waals surface area contributed by atoms with Crippen LogP contribution < -0.4 is 5.32 Å². The Morgan fingerprint density at radius 2 is 2.08 bits per heavy atom. The molecule has 0 bridgehead atoms. The second kappa shape index (κ2) is 7.40. The first-order valence-electron chi connectivity index (χ1n) is 7.98. The van der Waals surface area contributed by atoms with E-state index in [1.807, 2.05) is 41.9 Å². The molecule has 0 fully saturated rings. The first kappa shape index (κ1) is 16.4. The third kappa shape index (κ3) is 3.54. The Morgan fingerprint density at radius 3 is 2.83 bits per heavy atom. The predicted octanol–water partition coefficient (Wildman–Crippen LogP) is 3.43. The van der Waals surface area contributed by atoms with Gasteiger partial charge in [0, 0.05) is 12.6 Å². The lowest BCUT2D eigenvalue weighted by Gasteiger charge is -2.06. The Hall–Kier alpha value is -2.47. The number of carbonyl (C=O) groups excluding carboxylic acids is 1. The van der Waals surface area contributed by atoms with Crippen molar-refractivity contribution >= 4 is 17.2 Å². The fourth-order valence-corrected chi connectivity index (χ4v) is 3.32. The number of hydrogen-bond acceptors (Lipinski definition) is 4. The van der Waals surface area contributed by atoms with Crippen LogP contribution in [0.3, 0.4) is 0 Å². The number of benzene rings is 1. The molecular weight excluding hydrogens is 320 g/mol. The number of aromatic nitrogens is 3. The van der Waals surface area contributed by atoms with Crippen molar-refractivity contribution in [3.63, 3.8) is 0 Å². The molecule has 0 unspecified atom stereocenters. The molecule has 1 aromatic carbocycles. The molecule has 24 heavy (non-hydrogen) atoms. The standard InChI is InChI=1S/C18H20N4OS/c1-3-7-14-10-15(22(2)21-14)18(23)19-11-16-17(20-12-24-16)13-8-5-4-6-9-13/h4-6,8-10,12H,3,7,11H2,1-2H3,(H,19,23). The average molecular weight is 340 g/mol. The molecule has 0 atom stereocenters. The molecule has 3 rings (SSSR count). The van der Waals surface area contributed by atoms with Crippen LogP contribution in [0.2, 0.25) is 0 Å². The van der Waals surface area contributed by atoms with Crippen LogP contribution in [0.1, 0.15) is 34.4 Å². The van der Waals surface area contributed by atoms with E-state index in [1.165, 1.54) is 0 Å². The van der Waals surface area contributed by atoms with E-state index in [4.69, 9.17) is 0 Å².